The second kappa shape index (κ2) is 5.69. The van der Waals surface area contributed by atoms with Gasteiger partial charge in [0.15, 0.2) is 5.82 Å². The molecule has 0 aliphatic carbocycles. The SMILES string of the molecule is Cc1nc(CN(C)S(=O)(=O)c2ccccc2C(F)(F)F)no1. The van der Waals surface area contributed by atoms with E-state index >= 15 is 0 Å². The molecule has 1 aromatic heterocycles. The minimum atomic E-state index is -4.77. The molecule has 0 saturated heterocycles. The zero-order valence-electron chi connectivity index (χ0n) is 11.6. The Morgan fingerprint density at radius 3 is 2.45 bits per heavy atom. The van der Waals surface area contributed by atoms with Gasteiger partial charge in [0, 0.05) is 14.0 Å². The number of hydrogen-bond donors (Lipinski definition) is 0. The summed E-state index contributed by atoms with van der Waals surface area (Å²) in [6.07, 6.45) is -4.77. The van der Waals surface area contributed by atoms with E-state index in [2.05, 4.69) is 10.1 Å². The second-order valence-corrected chi connectivity index (χ2v) is 6.50. The van der Waals surface area contributed by atoms with Crippen LogP contribution in [0.1, 0.15) is 17.3 Å². The average Bonchev–Trinajstić information content (AvgIpc) is 2.83. The van der Waals surface area contributed by atoms with Crippen LogP contribution in [0, 0.1) is 6.92 Å². The third-order valence-electron chi connectivity index (χ3n) is 2.81. The van der Waals surface area contributed by atoms with Crippen molar-refractivity contribution in [3.05, 3.63) is 41.5 Å². The average molecular weight is 335 g/mol. The van der Waals surface area contributed by atoms with E-state index in [1.807, 2.05) is 0 Å². The monoisotopic (exact) mass is 335 g/mol. The van der Waals surface area contributed by atoms with Crippen LogP contribution in [0.2, 0.25) is 0 Å². The maximum atomic E-state index is 12.9. The van der Waals surface area contributed by atoms with Crippen molar-refractivity contribution in [2.75, 3.05) is 7.05 Å². The number of alkyl halides is 3. The number of aromatic nitrogens is 2. The van der Waals surface area contributed by atoms with Crippen molar-refractivity contribution in [3.63, 3.8) is 0 Å². The molecule has 0 bridgehead atoms. The zero-order chi connectivity index (χ0) is 16.5. The fraction of sp³-hybridized carbons (Fsp3) is 0.333. The van der Waals surface area contributed by atoms with Crippen molar-refractivity contribution in [3.8, 4) is 0 Å². The smallest absolute Gasteiger partial charge is 0.340 e. The van der Waals surface area contributed by atoms with Gasteiger partial charge in [-0.05, 0) is 12.1 Å². The molecule has 0 N–H and O–H groups in total. The second-order valence-electron chi connectivity index (χ2n) is 4.48. The number of aryl methyl sites for hydroxylation is 1. The maximum Gasteiger partial charge on any atom is 0.417 e. The van der Waals surface area contributed by atoms with Gasteiger partial charge in [0.25, 0.3) is 0 Å². The molecule has 6 nitrogen and oxygen atoms in total. The molecule has 0 atom stereocenters. The molecule has 1 heterocycles. The van der Waals surface area contributed by atoms with Gasteiger partial charge in [-0.2, -0.15) is 22.5 Å². The van der Waals surface area contributed by atoms with Crippen LogP contribution in [-0.2, 0) is 22.7 Å². The van der Waals surface area contributed by atoms with Crippen LogP contribution in [0.15, 0.2) is 33.7 Å². The summed E-state index contributed by atoms with van der Waals surface area (Å²) in [5, 5.41) is 3.52. The number of halogens is 3. The van der Waals surface area contributed by atoms with Crippen LogP contribution in [-0.4, -0.2) is 29.9 Å². The van der Waals surface area contributed by atoms with Gasteiger partial charge in [-0.3, -0.25) is 0 Å². The van der Waals surface area contributed by atoms with E-state index in [0.717, 1.165) is 29.6 Å². The first-order valence-electron chi connectivity index (χ1n) is 6.04. The molecule has 0 fully saturated rings. The summed E-state index contributed by atoms with van der Waals surface area (Å²) >= 11 is 0. The van der Waals surface area contributed by atoms with Gasteiger partial charge in [0.1, 0.15) is 0 Å². The van der Waals surface area contributed by atoms with Gasteiger partial charge in [-0.1, -0.05) is 17.3 Å². The van der Waals surface area contributed by atoms with Crippen LogP contribution in [0.5, 0.6) is 0 Å². The van der Waals surface area contributed by atoms with E-state index < -0.39 is 26.7 Å². The number of nitrogens with zero attached hydrogens (tertiary/aromatic N) is 3. The Kier molecular flexibility index (Phi) is 4.25. The highest BCUT2D eigenvalue weighted by atomic mass is 32.2. The van der Waals surface area contributed by atoms with Gasteiger partial charge in [0.2, 0.25) is 15.9 Å². The Bertz CT molecular complexity index is 771. The molecular weight excluding hydrogens is 323 g/mol. The van der Waals surface area contributed by atoms with Crippen LogP contribution < -0.4 is 0 Å². The summed E-state index contributed by atoms with van der Waals surface area (Å²) < 4.78 is 69.0. The maximum absolute atomic E-state index is 12.9. The first-order chi connectivity index (χ1) is 10.1. The Labute approximate surface area is 124 Å². The molecule has 0 saturated carbocycles. The molecule has 0 spiro atoms. The molecule has 1 aromatic carbocycles. The predicted molar refractivity (Wildman–Crippen MR) is 69.1 cm³/mol. The summed E-state index contributed by atoms with van der Waals surface area (Å²) in [7, 11) is -3.20. The number of rotatable bonds is 4. The molecule has 2 rings (SSSR count). The number of hydrogen-bond acceptors (Lipinski definition) is 5. The largest absolute Gasteiger partial charge is 0.417 e. The van der Waals surface area contributed by atoms with Gasteiger partial charge >= 0.3 is 6.18 Å². The van der Waals surface area contributed by atoms with Crippen molar-refractivity contribution >= 4 is 10.0 Å². The van der Waals surface area contributed by atoms with Crippen molar-refractivity contribution in [1.29, 1.82) is 0 Å². The van der Waals surface area contributed by atoms with Crippen molar-refractivity contribution in [1.82, 2.24) is 14.4 Å². The highest BCUT2D eigenvalue weighted by Crippen LogP contribution is 2.35. The normalized spacial score (nSPS) is 12.8. The molecule has 10 heteroatoms. The Morgan fingerprint density at radius 1 is 1.27 bits per heavy atom. The summed E-state index contributed by atoms with van der Waals surface area (Å²) in [5.74, 6) is 0.296. The molecule has 22 heavy (non-hydrogen) atoms. The molecule has 2 aromatic rings. The Hall–Kier alpha value is -1.94. The first-order valence-corrected chi connectivity index (χ1v) is 7.48. The van der Waals surface area contributed by atoms with Gasteiger partial charge in [-0.25, -0.2) is 8.42 Å². The third kappa shape index (κ3) is 3.28. The fourth-order valence-corrected chi connectivity index (χ4v) is 3.12. The van der Waals surface area contributed by atoms with Crippen molar-refractivity contribution in [2.24, 2.45) is 0 Å². The topological polar surface area (TPSA) is 76.3 Å². The van der Waals surface area contributed by atoms with Crippen LogP contribution in [0.3, 0.4) is 0 Å². The minimum Gasteiger partial charge on any atom is -0.340 e. The fourth-order valence-electron chi connectivity index (χ4n) is 1.78. The van der Waals surface area contributed by atoms with Crippen molar-refractivity contribution in [2.45, 2.75) is 24.5 Å². The van der Waals surface area contributed by atoms with E-state index in [1.165, 1.54) is 13.0 Å². The van der Waals surface area contributed by atoms with E-state index in [-0.39, 0.29) is 18.3 Å². The Morgan fingerprint density at radius 2 is 1.91 bits per heavy atom. The molecule has 120 valence electrons. The van der Waals surface area contributed by atoms with E-state index in [9.17, 15) is 21.6 Å². The molecule has 0 aliphatic heterocycles. The molecule has 0 aliphatic rings. The lowest BCUT2D eigenvalue weighted by Crippen LogP contribution is -2.29. The van der Waals surface area contributed by atoms with Gasteiger partial charge in [0.05, 0.1) is 17.0 Å². The first kappa shape index (κ1) is 16.4. The minimum absolute atomic E-state index is 0.0630. The Balaban J connectivity index is 2.38. The van der Waals surface area contributed by atoms with Crippen LogP contribution in [0.4, 0.5) is 13.2 Å². The summed E-state index contributed by atoms with van der Waals surface area (Å²) in [5.41, 5.74) is -1.22. The number of benzene rings is 1. The zero-order valence-corrected chi connectivity index (χ0v) is 12.4. The van der Waals surface area contributed by atoms with Gasteiger partial charge in [-0.15, -0.1) is 0 Å². The van der Waals surface area contributed by atoms with E-state index in [4.69, 9.17) is 4.52 Å². The third-order valence-corrected chi connectivity index (χ3v) is 4.68. The number of sulfonamides is 1. The molecule has 0 amide bonds. The lowest BCUT2D eigenvalue weighted by atomic mass is 10.2. The highest BCUT2D eigenvalue weighted by Gasteiger charge is 2.38. The van der Waals surface area contributed by atoms with Crippen LogP contribution >= 0.6 is 0 Å². The van der Waals surface area contributed by atoms with E-state index in [0.29, 0.717) is 0 Å². The lowest BCUT2D eigenvalue weighted by Gasteiger charge is -2.18. The molecular formula is C12H12F3N3O3S. The van der Waals surface area contributed by atoms with Crippen molar-refractivity contribution < 1.29 is 26.1 Å². The lowest BCUT2D eigenvalue weighted by molar-refractivity contribution is -0.139. The van der Waals surface area contributed by atoms with Gasteiger partial charge < -0.3 is 4.52 Å². The predicted octanol–water partition coefficient (Wildman–Crippen LogP) is 2.22. The summed E-state index contributed by atoms with van der Waals surface area (Å²) in [6.45, 7) is 1.22. The summed E-state index contributed by atoms with van der Waals surface area (Å²) in [4.78, 5) is 3.01. The highest BCUT2D eigenvalue weighted by molar-refractivity contribution is 7.89. The molecule has 0 unspecified atom stereocenters. The molecule has 0 radical (unpaired) electrons. The van der Waals surface area contributed by atoms with E-state index in [1.54, 1.807) is 0 Å². The summed E-state index contributed by atoms with van der Waals surface area (Å²) in [6, 6.07) is 3.99. The quantitative estimate of drug-likeness (QED) is 0.856. The van der Waals surface area contributed by atoms with Crippen LogP contribution in [0.25, 0.3) is 0 Å². The standard InChI is InChI=1S/C12H12F3N3O3S/c1-8-16-11(17-21-8)7-18(2)22(19,20)10-6-4-3-5-9(10)12(13,14)15/h3-6H,7H2,1-2H3.